The maximum Gasteiger partial charge on any atom is 0.407 e. The van der Waals surface area contributed by atoms with E-state index in [4.69, 9.17) is 15.2 Å². The third-order valence-corrected chi connectivity index (χ3v) is 9.76. The summed E-state index contributed by atoms with van der Waals surface area (Å²) < 4.78 is 11.7. The summed E-state index contributed by atoms with van der Waals surface area (Å²) >= 11 is 3.74. The molecule has 0 spiro atoms. The van der Waals surface area contributed by atoms with Crippen LogP contribution in [0.2, 0.25) is 0 Å². The minimum absolute atomic E-state index is 0.0679. The van der Waals surface area contributed by atoms with Gasteiger partial charge in [-0.3, -0.25) is 14.5 Å². The first-order valence-electron chi connectivity index (χ1n) is 14.5. The predicted molar refractivity (Wildman–Crippen MR) is 185 cm³/mol. The number of primary amides is 1. The zero-order chi connectivity index (χ0) is 31.8. The fraction of sp³-hybridized carbons (Fsp3) is 0.229. The van der Waals surface area contributed by atoms with Crippen LogP contribution in [0.4, 0.5) is 10.5 Å². The number of halogens is 1. The molecule has 0 aliphatic carbocycles. The largest absolute Gasteiger partial charge is 0.489 e. The van der Waals surface area contributed by atoms with Gasteiger partial charge in [-0.05, 0) is 95.1 Å². The van der Waals surface area contributed by atoms with Gasteiger partial charge < -0.3 is 20.5 Å². The van der Waals surface area contributed by atoms with Crippen LogP contribution in [0.1, 0.15) is 45.8 Å². The topological polar surface area (TPSA) is 111 Å². The number of amides is 3. The first kappa shape index (κ1) is 32.4. The SMILES string of the molecule is C[C@]1(CCOC(=O)NCCc2cccc(I)c2)S[C@@H](c2ccc(OCc3ccccc3)cc2)N(c2cccc(C(N)=O)c2)C1=O. The van der Waals surface area contributed by atoms with Gasteiger partial charge in [0, 0.05) is 27.8 Å². The molecule has 0 saturated carbocycles. The molecule has 3 N–H and O–H groups in total. The number of alkyl carbamates (subject to hydrolysis) is 1. The molecule has 0 radical (unpaired) electrons. The van der Waals surface area contributed by atoms with E-state index in [2.05, 4.69) is 34.0 Å². The van der Waals surface area contributed by atoms with Crippen molar-refractivity contribution in [1.82, 2.24) is 5.32 Å². The second-order valence-electron chi connectivity index (χ2n) is 10.8. The Bertz CT molecular complexity index is 1650. The first-order chi connectivity index (χ1) is 21.7. The molecule has 4 aromatic rings. The molecular weight excluding hydrogens is 701 g/mol. The molecule has 1 aliphatic rings. The summed E-state index contributed by atoms with van der Waals surface area (Å²) in [5.41, 5.74) is 9.52. The van der Waals surface area contributed by atoms with Gasteiger partial charge in [0.25, 0.3) is 0 Å². The standard InChI is InChI=1S/C35H34IN3O5S/c1-35(18-20-43-34(42)38-19-17-24-9-5-11-28(36)21-24)33(41)39(29-12-6-10-27(22-29)31(37)40)32(45-35)26-13-15-30(16-14-26)44-23-25-7-3-2-4-8-25/h2-16,21-22,32H,17-20,23H2,1H3,(H2,37,40)(H,38,42)/t32-,35+/m0/s1. The number of carbonyl (C=O) groups excluding carboxylic acids is 3. The van der Waals surface area contributed by atoms with Crippen molar-refractivity contribution in [2.45, 2.75) is 36.5 Å². The highest BCUT2D eigenvalue weighted by Crippen LogP contribution is 2.52. The monoisotopic (exact) mass is 735 g/mol. The lowest BCUT2D eigenvalue weighted by Gasteiger charge is -2.25. The molecule has 3 amide bonds. The van der Waals surface area contributed by atoms with Crippen LogP contribution in [0.25, 0.3) is 0 Å². The molecule has 0 bridgehead atoms. The van der Waals surface area contributed by atoms with Gasteiger partial charge in [-0.25, -0.2) is 4.79 Å². The summed E-state index contributed by atoms with van der Waals surface area (Å²) in [6.45, 7) is 2.82. The lowest BCUT2D eigenvalue weighted by molar-refractivity contribution is -0.120. The Morgan fingerprint density at radius 3 is 2.42 bits per heavy atom. The Morgan fingerprint density at radius 2 is 1.69 bits per heavy atom. The van der Waals surface area contributed by atoms with Gasteiger partial charge in [-0.1, -0.05) is 60.7 Å². The quantitative estimate of drug-likeness (QED) is 0.154. The molecule has 8 nitrogen and oxygen atoms in total. The van der Waals surface area contributed by atoms with Crippen LogP contribution in [0.15, 0.2) is 103 Å². The second kappa shape index (κ2) is 14.8. The molecular formula is C35H34IN3O5S. The van der Waals surface area contributed by atoms with Crippen molar-refractivity contribution in [3.05, 3.63) is 129 Å². The Hall–Kier alpha value is -4.03. The number of benzene rings is 4. The van der Waals surface area contributed by atoms with Crippen molar-refractivity contribution in [3.63, 3.8) is 0 Å². The summed E-state index contributed by atoms with van der Waals surface area (Å²) in [4.78, 5) is 40.1. The molecule has 0 aromatic heterocycles. The molecule has 1 aliphatic heterocycles. The number of nitrogens with zero attached hydrogens (tertiary/aromatic N) is 1. The minimum Gasteiger partial charge on any atom is -0.489 e. The first-order valence-corrected chi connectivity index (χ1v) is 16.5. The molecule has 4 aromatic carbocycles. The van der Waals surface area contributed by atoms with Gasteiger partial charge >= 0.3 is 6.09 Å². The van der Waals surface area contributed by atoms with Crippen LogP contribution in [-0.2, 0) is 22.6 Å². The smallest absolute Gasteiger partial charge is 0.407 e. The number of nitrogens with one attached hydrogen (secondary N) is 1. The van der Waals surface area contributed by atoms with Gasteiger partial charge in [-0.15, -0.1) is 11.8 Å². The second-order valence-corrected chi connectivity index (χ2v) is 13.7. The molecule has 5 rings (SSSR count). The van der Waals surface area contributed by atoms with E-state index in [1.807, 2.05) is 79.7 Å². The zero-order valence-corrected chi connectivity index (χ0v) is 27.8. The lowest BCUT2D eigenvalue weighted by Crippen LogP contribution is -2.38. The summed E-state index contributed by atoms with van der Waals surface area (Å²) in [6.07, 6.45) is 0.477. The van der Waals surface area contributed by atoms with E-state index >= 15 is 0 Å². The van der Waals surface area contributed by atoms with Crippen LogP contribution < -0.4 is 20.7 Å². The zero-order valence-electron chi connectivity index (χ0n) is 24.8. The molecule has 1 heterocycles. The molecule has 45 heavy (non-hydrogen) atoms. The van der Waals surface area contributed by atoms with Crippen LogP contribution in [0.3, 0.4) is 0 Å². The normalized spacial score (nSPS) is 17.6. The number of ether oxygens (including phenoxy) is 2. The number of carbonyl (C=O) groups is 3. The number of hydrogen-bond acceptors (Lipinski definition) is 6. The Kier molecular flexibility index (Phi) is 10.7. The van der Waals surface area contributed by atoms with Crippen molar-refractivity contribution in [1.29, 1.82) is 0 Å². The van der Waals surface area contributed by atoms with Crippen molar-refractivity contribution in [3.8, 4) is 5.75 Å². The van der Waals surface area contributed by atoms with Gasteiger partial charge in [0.15, 0.2) is 0 Å². The molecule has 0 unspecified atom stereocenters. The Morgan fingerprint density at radius 1 is 0.956 bits per heavy atom. The summed E-state index contributed by atoms with van der Waals surface area (Å²) in [6, 6.07) is 32.4. The number of hydrogen-bond donors (Lipinski definition) is 2. The van der Waals surface area contributed by atoms with Crippen LogP contribution in [0.5, 0.6) is 5.75 Å². The van der Waals surface area contributed by atoms with E-state index in [9.17, 15) is 14.4 Å². The van der Waals surface area contributed by atoms with Crippen molar-refractivity contribution < 1.29 is 23.9 Å². The van der Waals surface area contributed by atoms with Crippen LogP contribution in [0, 0.1) is 3.57 Å². The molecule has 2 atom stereocenters. The Balaban J connectivity index is 1.26. The average Bonchev–Trinajstić information content (AvgIpc) is 3.30. The third kappa shape index (κ3) is 8.37. The molecule has 1 fully saturated rings. The van der Waals surface area contributed by atoms with Gasteiger partial charge in [0.05, 0.1) is 11.4 Å². The summed E-state index contributed by atoms with van der Waals surface area (Å²) in [5, 5.41) is 2.40. The maximum atomic E-state index is 14.1. The van der Waals surface area contributed by atoms with Crippen LogP contribution in [-0.4, -0.2) is 35.8 Å². The van der Waals surface area contributed by atoms with Crippen molar-refractivity contribution in [2.75, 3.05) is 18.1 Å². The highest BCUT2D eigenvalue weighted by molar-refractivity contribution is 14.1. The van der Waals surface area contributed by atoms with Gasteiger partial charge in [0.1, 0.15) is 17.7 Å². The van der Waals surface area contributed by atoms with Crippen molar-refractivity contribution >= 4 is 57.9 Å². The van der Waals surface area contributed by atoms with E-state index in [1.54, 1.807) is 29.2 Å². The third-order valence-electron chi connectivity index (χ3n) is 7.48. The highest BCUT2D eigenvalue weighted by Gasteiger charge is 2.50. The molecule has 10 heteroatoms. The van der Waals surface area contributed by atoms with E-state index in [0.717, 1.165) is 20.3 Å². The fourth-order valence-corrected chi connectivity index (χ4v) is 7.13. The van der Waals surface area contributed by atoms with Gasteiger partial charge in [-0.2, -0.15) is 0 Å². The highest BCUT2D eigenvalue weighted by atomic mass is 127. The van der Waals surface area contributed by atoms with E-state index in [0.29, 0.717) is 43.0 Å². The number of rotatable bonds is 12. The van der Waals surface area contributed by atoms with E-state index in [1.165, 1.54) is 11.8 Å². The summed E-state index contributed by atoms with van der Waals surface area (Å²) in [5.74, 6) is -0.00798. The maximum absolute atomic E-state index is 14.1. The van der Waals surface area contributed by atoms with Gasteiger partial charge in [0.2, 0.25) is 11.8 Å². The predicted octanol–water partition coefficient (Wildman–Crippen LogP) is 6.87. The lowest BCUT2D eigenvalue weighted by atomic mass is 10.0. The number of nitrogens with two attached hydrogens (primary N) is 1. The number of thioether (sulfide) groups is 1. The molecule has 1 saturated heterocycles. The number of anilines is 1. The summed E-state index contributed by atoms with van der Waals surface area (Å²) in [7, 11) is 0. The minimum atomic E-state index is -0.892. The molecule has 232 valence electrons. The van der Waals surface area contributed by atoms with E-state index < -0.39 is 22.1 Å². The van der Waals surface area contributed by atoms with Crippen molar-refractivity contribution in [2.24, 2.45) is 5.73 Å². The van der Waals surface area contributed by atoms with Crippen LogP contribution >= 0.6 is 34.4 Å². The average molecular weight is 736 g/mol. The Labute approximate surface area is 280 Å². The van der Waals surface area contributed by atoms with E-state index in [-0.39, 0.29) is 12.5 Å². The fourth-order valence-electron chi connectivity index (χ4n) is 5.02.